The highest BCUT2D eigenvalue weighted by atomic mass is 16.5. The standard InChI is InChI=1S/C22H28N4O3/c1-16-3-5-19(6-4-16)20(25-17(2)27)14-22(28)24-15-18-7-8-23-21(13-18)26-9-11-29-12-10-26/h3-8,13,20H,9-12,14-15H2,1-2H3,(H,24,28)(H,25,27). The van der Waals surface area contributed by atoms with Gasteiger partial charge in [0.2, 0.25) is 11.8 Å². The number of anilines is 1. The minimum absolute atomic E-state index is 0.117. The van der Waals surface area contributed by atoms with E-state index in [1.165, 1.54) is 6.92 Å². The molecule has 1 aliphatic heterocycles. The first kappa shape index (κ1) is 20.8. The zero-order chi connectivity index (χ0) is 20.6. The molecule has 2 aromatic rings. The van der Waals surface area contributed by atoms with Gasteiger partial charge in [0, 0.05) is 32.8 Å². The quantitative estimate of drug-likeness (QED) is 0.749. The van der Waals surface area contributed by atoms with Crippen LogP contribution in [-0.2, 0) is 20.9 Å². The van der Waals surface area contributed by atoms with Crippen molar-refractivity contribution in [2.75, 3.05) is 31.2 Å². The van der Waals surface area contributed by atoms with E-state index in [0.717, 1.165) is 35.6 Å². The summed E-state index contributed by atoms with van der Waals surface area (Å²) in [5.74, 6) is 0.623. The fourth-order valence-corrected chi connectivity index (χ4v) is 3.29. The highest BCUT2D eigenvalue weighted by Crippen LogP contribution is 2.18. The molecule has 1 unspecified atom stereocenters. The molecule has 1 atom stereocenters. The van der Waals surface area contributed by atoms with Crippen LogP contribution >= 0.6 is 0 Å². The van der Waals surface area contributed by atoms with E-state index in [1.54, 1.807) is 6.20 Å². The second kappa shape index (κ2) is 10.0. The summed E-state index contributed by atoms with van der Waals surface area (Å²) in [6.07, 6.45) is 1.95. The zero-order valence-corrected chi connectivity index (χ0v) is 17.0. The fraction of sp³-hybridized carbons (Fsp3) is 0.409. The van der Waals surface area contributed by atoms with Gasteiger partial charge in [0.05, 0.1) is 25.7 Å². The largest absolute Gasteiger partial charge is 0.378 e. The molecule has 0 saturated carbocycles. The van der Waals surface area contributed by atoms with Crippen molar-refractivity contribution in [1.82, 2.24) is 15.6 Å². The third-order valence-corrected chi connectivity index (χ3v) is 4.88. The van der Waals surface area contributed by atoms with Gasteiger partial charge in [-0.05, 0) is 30.2 Å². The minimum Gasteiger partial charge on any atom is -0.378 e. The Morgan fingerprint density at radius 3 is 2.59 bits per heavy atom. The maximum absolute atomic E-state index is 12.5. The Morgan fingerprint density at radius 1 is 1.17 bits per heavy atom. The van der Waals surface area contributed by atoms with Gasteiger partial charge in [0.15, 0.2) is 0 Å². The van der Waals surface area contributed by atoms with Crippen molar-refractivity contribution in [3.63, 3.8) is 0 Å². The van der Waals surface area contributed by atoms with E-state index >= 15 is 0 Å². The van der Waals surface area contributed by atoms with Gasteiger partial charge in [-0.3, -0.25) is 9.59 Å². The number of amides is 2. The lowest BCUT2D eigenvalue weighted by molar-refractivity contribution is -0.122. The second-order valence-electron chi connectivity index (χ2n) is 7.27. The number of carbonyl (C=O) groups is 2. The number of nitrogens with zero attached hydrogens (tertiary/aromatic N) is 2. The normalized spacial score (nSPS) is 14.9. The number of hydrogen-bond acceptors (Lipinski definition) is 5. The molecule has 0 radical (unpaired) electrons. The Hall–Kier alpha value is -2.93. The number of aromatic nitrogens is 1. The Morgan fingerprint density at radius 2 is 1.90 bits per heavy atom. The summed E-state index contributed by atoms with van der Waals surface area (Å²) in [4.78, 5) is 30.7. The highest BCUT2D eigenvalue weighted by molar-refractivity contribution is 5.79. The summed E-state index contributed by atoms with van der Waals surface area (Å²) in [5, 5.41) is 5.82. The first-order chi connectivity index (χ1) is 14.0. The predicted molar refractivity (Wildman–Crippen MR) is 111 cm³/mol. The lowest BCUT2D eigenvalue weighted by atomic mass is 10.0. The van der Waals surface area contributed by atoms with E-state index in [0.29, 0.717) is 19.8 Å². The number of hydrogen-bond donors (Lipinski definition) is 2. The molecule has 1 aromatic heterocycles. The number of carbonyl (C=O) groups excluding carboxylic acids is 2. The van der Waals surface area contributed by atoms with E-state index in [2.05, 4.69) is 20.5 Å². The van der Waals surface area contributed by atoms with Crippen molar-refractivity contribution in [1.29, 1.82) is 0 Å². The molecular formula is C22H28N4O3. The fourth-order valence-electron chi connectivity index (χ4n) is 3.29. The molecule has 0 aliphatic carbocycles. The number of pyridine rings is 1. The van der Waals surface area contributed by atoms with Gasteiger partial charge in [0.25, 0.3) is 0 Å². The number of aryl methyl sites for hydroxylation is 1. The summed E-state index contributed by atoms with van der Waals surface area (Å²) in [6.45, 7) is 6.92. The third-order valence-electron chi connectivity index (χ3n) is 4.88. The van der Waals surface area contributed by atoms with Crippen molar-refractivity contribution in [3.8, 4) is 0 Å². The smallest absolute Gasteiger partial charge is 0.222 e. The average Bonchev–Trinajstić information content (AvgIpc) is 2.73. The molecular weight excluding hydrogens is 368 g/mol. The van der Waals surface area contributed by atoms with E-state index < -0.39 is 0 Å². The first-order valence-electron chi connectivity index (χ1n) is 9.89. The maximum atomic E-state index is 12.5. The summed E-state index contributed by atoms with van der Waals surface area (Å²) in [6, 6.07) is 11.4. The number of ether oxygens (including phenoxy) is 1. The molecule has 29 heavy (non-hydrogen) atoms. The van der Waals surface area contributed by atoms with Crippen LogP contribution < -0.4 is 15.5 Å². The second-order valence-corrected chi connectivity index (χ2v) is 7.27. The molecule has 7 heteroatoms. The zero-order valence-electron chi connectivity index (χ0n) is 17.0. The van der Waals surface area contributed by atoms with Crippen LogP contribution in [0.25, 0.3) is 0 Å². The van der Waals surface area contributed by atoms with Crippen LogP contribution in [0.5, 0.6) is 0 Å². The van der Waals surface area contributed by atoms with Gasteiger partial charge in [-0.2, -0.15) is 0 Å². The van der Waals surface area contributed by atoms with Crippen LogP contribution in [-0.4, -0.2) is 43.1 Å². The van der Waals surface area contributed by atoms with Crippen molar-refractivity contribution >= 4 is 17.6 Å². The molecule has 1 aromatic carbocycles. The van der Waals surface area contributed by atoms with Crippen LogP contribution in [0.4, 0.5) is 5.82 Å². The van der Waals surface area contributed by atoms with E-state index in [-0.39, 0.29) is 24.3 Å². The lowest BCUT2D eigenvalue weighted by Crippen LogP contribution is -2.36. The Bertz CT molecular complexity index is 832. The van der Waals surface area contributed by atoms with Crippen LogP contribution in [0.15, 0.2) is 42.6 Å². The highest BCUT2D eigenvalue weighted by Gasteiger charge is 2.17. The SMILES string of the molecule is CC(=O)NC(CC(=O)NCc1ccnc(N2CCOCC2)c1)c1ccc(C)cc1. The molecule has 0 bridgehead atoms. The Balaban J connectivity index is 1.58. The van der Waals surface area contributed by atoms with Crippen molar-refractivity contribution in [3.05, 3.63) is 59.3 Å². The number of morpholine rings is 1. The van der Waals surface area contributed by atoms with Crippen LogP contribution in [0.2, 0.25) is 0 Å². The molecule has 1 fully saturated rings. The molecule has 7 nitrogen and oxygen atoms in total. The minimum atomic E-state index is -0.352. The predicted octanol–water partition coefficient (Wildman–Crippen LogP) is 2.11. The van der Waals surface area contributed by atoms with Gasteiger partial charge in [-0.1, -0.05) is 29.8 Å². The molecule has 3 rings (SSSR count). The molecule has 1 aliphatic rings. The van der Waals surface area contributed by atoms with Gasteiger partial charge >= 0.3 is 0 Å². The Kier molecular flexibility index (Phi) is 7.19. The van der Waals surface area contributed by atoms with Crippen LogP contribution in [0, 0.1) is 6.92 Å². The molecule has 154 valence electrons. The van der Waals surface area contributed by atoms with E-state index in [9.17, 15) is 9.59 Å². The number of benzene rings is 1. The van der Waals surface area contributed by atoms with Gasteiger partial charge in [0.1, 0.15) is 5.82 Å². The summed E-state index contributed by atoms with van der Waals surface area (Å²) < 4.78 is 5.38. The number of rotatable bonds is 7. The van der Waals surface area contributed by atoms with Gasteiger partial charge < -0.3 is 20.3 Å². The molecule has 2 N–H and O–H groups in total. The van der Waals surface area contributed by atoms with Crippen LogP contribution in [0.1, 0.15) is 36.1 Å². The topological polar surface area (TPSA) is 83.6 Å². The number of nitrogens with one attached hydrogen (secondary N) is 2. The van der Waals surface area contributed by atoms with Crippen LogP contribution in [0.3, 0.4) is 0 Å². The van der Waals surface area contributed by atoms with E-state index in [4.69, 9.17) is 4.74 Å². The summed E-state index contributed by atoms with van der Waals surface area (Å²) in [7, 11) is 0. The molecule has 0 spiro atoms. The summed E-state index contributed by atoms with van der Waals surface area (Å²) >= 11 is 0. The average molecular weight is 396 g/mol. The van der Waals surface area contributed by atoms with E-state index in [1.807, 2.05) is 43.3 Å². The maximum Gasteiger partial charge on any atom is 0.222 e. The van der Waals surface area contributed by atoms with Crippen molar-refractivity contribution in [2.24, 2.45) is 0 Å². The molecule has 1 saturated heterocycles. The summed E-state index contributed by atoms with van der Waals surface area (Å²) in [5.41, 5.74) is 3.04. The van der Waals surface area contributed by atoms with Gasteiger partial charge in [-0.15, -0.1) is 0 Å². The van der Waals surface area contributed by atoms with Gasteiger partial charge in [-0.25, -0.2) is 4.98 Å². The monoisotopic (exact) mass is 396 g/mol. The third kappa shape index (κ3) is 6.29. The Labute approximate surface area is 171 Å². The van der Waals surface area contributed by atoms with Crippen molar-refractivity contribution in [2.45, 2.75) is 32.9 Å². The van der Waals surface area contributed by atoms with Crippen molar-refractivity contribution < 1.29 is 14.3 Å². The lowest BCUT2D eigenvalue weighted by Gasteiger charge is -2.28. The molecule has 2 heterocycles. The molecule has 2 amide bonds. The first-order valence-corrected chi connectivity index (χ1v) is 9.89.